The summed E-state index contributed by atoms with van der Waals surface area (Å²) in [6.07, 6.45) is 3.35. The van der Waals surface area contributed by atoms with Crippen LogP contribution in [0.25, 0.3) is 16.7 Å². The van der Waals surface area contributed by atoms with Crippen molar-refractivity contribution in [2.24, 2.45) is 0 Å². The van der Waals surface area contributed by atoms with E-state index in [0.29, 0.717) is 22.6 Å². The molecule has 0 radical (unpaired) electrons. The molecule has 0 aliphatic rings. The summed E-state index contributed by atoms with van der Waals surface area (Å²) in [5, 5.41) is 9.47. The second-order valence-electron chi connectivity index (χ2n) is 6.86. The van der Waals surface area contributed by atoms with Crippen LogP contribution in [0.3, 0.4) is 0 Å². The van der Waals surface area contributed by atoms with Gasteiger partial charge >= 0.3 is 5.97 Å². The lowest BCUT2D eigenvalue weighted by atomic mass is 10.1. The smallest absolute Gasteiger partial charge is 0.343 e. The number of nitrogens with one attached hydrogen (secondary N) is 1. The summed E-state index contributed by atoms with van der Waals surface area (Å²) in [4.78, 5) is 25.9. The van der Waals surface area contributed by atoms with Gasteiger partial charge in [0.1, 0.15) is 11.4 Å². The molecule has 0 saturated carbocycles. The number of ether oxygens (including phenoxy) is 1. The van der Waals surface area contributed by atoms with Crippen molar-refractivity contribution in [2.75, 3.05) is 18.2 Å². The number of esters is 1. The van der Waals surface area contributed by atoms with Crippen LogP contribution in [0.1, 0.15) is 28.5 Å². The number of nitrogens with zero attached hydrogens (tertiary/aromatic N) is 5. The average molecular weight is 435 g/mol. The van der Waals surface area contributed by atoms with Crippen molar-refractivity contribution < 1.29 is 9.53 Å². The van der Waals surface area contributed by atoms with Gasteiger partial charge in [-0.2, -0.15) is 9.78 Å². The first kappa shape index (κ1) is 20.8. The summed E-state index contributed by atoms with van der Waals surface area (Å²) < 4.78 is 6.88. The Morgan fingerprint density at radius 2 is 2.00 bits per heavy atom. The van der Waals surface area contributed by atoms with Crippen molar-refractivity contribution in [2.45, 2.75) is 25.9 Å². The Hall–Kier alpha value is -3.46. The highest BCUT2D eigenvalue weighted by atomic mass is 32.2. The average Bonchev–Trinajstić information content (AvgIpc) is 3.13. The fourth-order valence-electron chi connectivity index (χ4n) is 3.24. The van der Waals surface area contributed by atoms with E-state index >= 15 is 0 Å². The lowest BCUT2D eigenvalue weighted by Crippen LogP contribution is -2.12. The number of carbonyl (C=O) groups is 1. The minimum atomic E-state index is -0.486. The van der Waals surface area contributed by atoms with E-state index in [1.165, 1.54) is 18.0 Å². The number of anilines is 2. The first-order chi connectivity index (χ1) is 15.0. The number of pyridine rings is 1. The van der Waals surface area contributed by atoms with Crippen LogP contribution in [0.4, 0.5) is 11.6 Å². The van der Waals surface area contributed by atoms with Crippen molar-refractivity contribution in [3.05, 3.63) is 59.4 Å². The van der Waals surface area contributed by atoms with Crippen LogP contribution in [-0.2, 0) is 4.74 Å². The number of para-hydroxylation sites is 1. The third-order valence-electron chi connectivity index (χ3n) is 4.65. The molecular formula is C22H22N6O2S. The summed E-state index contributed by atoms with van der Waals surface area (Å²) in [6.45, 7) is 5.97. The van der Waals surface area contributed by atoms with Crippen LogP contribution in [0.2, 0.25) is 0 Å². The molecule has 4 rings (SSSR count). The van der Waals surface area contributed by atoms with Gasteiger partial charge in [-0.3, -0.25) is 0 Å². The minimum absolute atomic E-state index is 0.257. The van der Waals surface area contributed by atoms with Gasteiger partial charge in [0.15, 0.2) is 16.8 Å². The largest absolute Gasteiger partial charge is 0.462 e. The number of aromatic nitrogens is 5. The molecule has 0 unspecified atom stereocenters. The topological polar surface area (TPSA) is 94.8 Å². The fourth-order valence-corrected chi connectivity index (χ4v) is 3.58. The van der Waals surface area contributed by atoms with Crippen LogP contribution >= 0.6 is 11.8 Å². The van der Waals surface area contributed by atoms with Gasteiger partial charge in [0.2, 0.25) is 0 Å². The third kappa shape index (κ3) is 4.22. The molecule has 8 nitrogen and oxygen atoms in total. The van der Waals surface area contributed by atoms with E-state index in [0.717, 1.165) is 22.2 Å². The van der Waals surface area contributed by atoms with Gasteiger partial charge in [-0.15, -0.1) is 0 Å². The number of benzene rings is 1. The number of rotatable bonds is 6. The van der Waals surface area contributed by atoms with Crippen LogP contribution in [0, 0.1) is 13.8 Å². The van der Waals surface area contributed by atoms with Crippen LogP contribution in [-0.4, -0.2) is 43.6 Å². The number of hydrogen-bond donors (Lipinski definition) is 1. The molecule has 0 aliphatic carbocycles. The SMILES string of the molecule is CCOC(=O)c1cnc(SC)nc1Nc1cc(C)nn1-c1cc(C)c2ccccc2n1. The highest BCUT2D eigenvalue weighted by Crippen LogP contribution is 2.26. The molecule has 0 spiro atoms. The quantitative estimate of drug-likeness (QED) is 0.270. The molecule has 3 heterocycles. The van der Waals surface area contributed by atoms with Gasteiger partial charge in [-0.05, 0) is 44.7 Å². The van der Waals surface area contributed by atoms with E-state index in [9.17, 15) is 4.79 Å². The number of aryl methyl sites for hydroxylation is 2. The maximum absolute atomic E-state index is 12.4. The van der Waals surface area contributed by atoms with Crippen LogP contribution < -0.4 is 5.32 Å². The van der Waals surface area contributed by atoms with Gasteiger partial charge in [0.05, 0.1) is 17.8 Å². The molecule has 0 saturated heterocycles. The van der Waals surface area contributed by atoms with Gasteiger partial charge < -0.3 is 10.1 Å². The maximum atomic E-state index is 12.4. The molecule has 31 heavy (non-hydrogen) atoms. The molecule has 1 aromatic carbocycles. The Labute approximate surface area is 184 Å². The molecule has 3 aromatic heterocycles. The molecule has 9 heteroatoms. The molecular weight excluding hydrogens is 412 g/mol. The van der Waals surface area contributed by atoms with Crippen molar-refractivity contribution in [1.82, 2.24) is 24.7 Å². The van der Waals surface area contributed by atoms with Crippen LogP contribution in [0.5, 0.6) is 0 Å². The number of hydrogen-bond acceptors (Lipinski definition) is 8. The Morgan fingerprint density at radius 1 is 1.19 bits per heavy atom. The summed E-state index contributed by atoms with van der Waals surface area (Å²) in [5.41, 5.74) is 3.04. The lowest BCUT2D eigenvalue weighted by Gasteiger charge is -2.13. The van der Waals surface area contributed by atoms with Gasteiger partial charge in [0.25, 0.3) is 0 Å². The zero-order valence-corrected chi connectivity index (χ0v) is 18.5. The van der Waals surface area contributed by atoms with E-state index in [1.54, 1.807) is 11.6 Å². The number of fused-ring (bicyclic) bond motifs is 1. The highest BCUT2D eigenvalue weighted by Gasteiger charge is 2.19. The van der Waals surface area contributed by atoms with E-state index < -0.39 is 5.97 Å². The molecule has 158 valence electrons. The van der Waals surface area contributed by atoms with Gasteiger partial charge in [-0.1, -0.05) is 30.0 Å². The minimum Gasteiger partial charge on any atom is -0.462 e. The molecule has 0 fully saturated rings. The van der Waals surface area contributed by atoms with Crippen molar-refractivity contribution in [3.63, 3.8) is 0 Å². The summed E-state index contributed by atoms with van der Waals surface area (Å²) in [5.74, 6) is 1.18. The molecule has 0 aliphatic heterocycles. The lowest BCUT2D eigenvalue weighted by molar-refractivity contribution is 0.0526. The zero-order valence-electron chi connectivity index (χ0n) is 17.7. The van der Waals surface area contributed by atoms with Crippen LogP contribution in [0.15, 0.2) is 47.8 Å². The van der Waals surface area contributed by atoms with Crippen molar-refractivity contribution >= 4 is 40.3 Å². The maximum Gasteiger partial charge on any atom is 0.343 e. The van der Waals surface area contributed by atoms with E-state index in [1.807, 2.05) is 56.5 Å². The normalized spacial score (nSPS) is 11.0. The third-order valence-corrected chi connectivity index (χ3v) is 5.21. The fraction of sp³-hybridized carbons (Fsp3) is 0.227. The van der Waals surface area contributed by atoms with Gasteiger partial charge in [0, 0.05) is 17.6 Å². The molecule has 4 aromatic rings. The highest BCUT2D eigenvalue weighted by molar-refractivity contribution is 7.98. The number of carbonyl (C=O) groups excluding carboxylic acids is 1. The molecule has 0 atom stereocenters. The summed E-state index contributed by atoms with van der Waals surface area (Å²) in [7, 11) is 0. The zero-order chi connectivity index (χ0) is 22.0. The Morgan fingerprint density at radius 3 is 2.77 bits per heavy atom. The predicted octanol–water partition coefficient (Wildman–Crippen LogP) is 4.47. The Balaban J connectivity index is 1.80. The monoisotopic (exact) mass is 434 g/mol. The van der Waals surface area contributed by atoms with E-state index in [2.05, 4.69) is 20.4 Å². The number of thioether (sulfide) groups is 1. The molecule has 0 bridgehead atoms. The van der Waals surface area contributed by atoms with Crippen molar-refractivity contribution in [1.29, 1.82) is 0 Å². The van der Waals surface area contributed by atoms with E-state index in [4.69, 9.17) is 9.72 Å². The molecule has 1 N–H and O–H groups in total. The van der Waals surface area contributed by atoms with Crippen molar-refractivity contribution in [3.8, 4) is 5.82 Å². The second kappa shape index (κ2) is 8.73. The van der Waals surface area contributed by atoms with Gasteiger partial charge in [-0.25, -0.2) is 19.7 Å². The first-order valence-electron chi connectivity index (χ1n) is 9.78. The standard InChI is InChI=1S/C22H22N6O2S/c1-5-30-21(29)16-12-23-22(31-4)26-20(16)25-19-11-14(3)27-28(19)18-10-13(2)15-8-6-7-9-17(15)24-18/h6-12H,5H2,1-4H3,(H,23,25,26). The summed E-state index contributed by atoms with van der Waals surface area (Å²) >= 11 is 1.39. The predicted molar refractivity (Wildman–Crippen MR) is 121 cm³/mol. The first-order valence-corrected chi connectivity index (χ1v) is 11.0. The second-order valence-corrected chi connectivity index (χ2v) is 7.64. The molecule has 0 amide bonds. The van der Waals surface area contributed by atoms with E-state index in [-0.39, 0.29) is 12.2 Å². The Kier molecular flexibility index (Phi) is 5.85. The summed E-state index contributed by atoms with van der Waals surface area (Å²) in [6, 6.07) is 11.8. The Bertz CT molecular complexity index is 1270.